The van der Waals surface area contributed by atoms with Crippen molar-refractivity contribution in [1.82, 2.24) is 8.88 Å². The number of amides is 1. The van der Waals surface area contributed by atoms with Gasteiger partial charge >= 0.3 is 174 Å². The summed E-state index contributed by atoms with van der Waals surface area (Å²) in [6.07, 6.45) is -4.46. The van der Waals surface area contributed by atoms with E-state index in [9.17, 15) is 22.8 Å². The summed E-state index contributed by atoms with van der Waals surface area (Å²) in [6.45, 7) is 0.640. The first-order chi connectivity index (χ1) is 15.3. The van der Waals surface area contributed by atoms with Crippen molar-refractivity contribution in [2.24, 2.45) is 0 Å². The van der Waals surface area contributed by atoms with Crippen molar-refractivity contribution in [3.8, 4) is 0 Å². The predicted molar refractivity (Wildman–Crippen MR) is 119 cm³/mol. The number of para-hydroxylation sites is 1. The SMILES string of the molecule is O=C(NCCn1[se]c2ccccc2c1=O)c1ccccc1Nc1cccc(C(F)(F)F)c1. The fourth-order valence-corrected chi connectivity index (χ4v) is 5.34. The second-order valence-electron chi connectivity index (χ2n) is 7.00. The Bertz CT molecular complexity index is 1330. The van der Waals surface area contributed by atoms with Crippen LogP contribution < -0.4 is 16.2 Å². The molecule has 4 rings (SSSR count). The summed E-state index contributed by atoms with van der Waals surface area (Å²) in [4.78, 5) is 25.2. The van der Waals surface area contributed by atoms with Crippen LogP contribution in [-0.4, -0.2) is 30.7 Å². The molecule has 4 aromatic rings. The Morgan fingerprint density at radius 2 is 1.72 bits per heavy atom. The molecule has 1 aromatic heterocycles. The summed E-state index contributed by atoms with van der Waals surface area (Å²) < 4.78 is 41.7. The molecule has 3 aromatic carbocycles. The van der Waals surface area contributed by atoms with Crippen LogP contribution in [0.2, 0.25) is 0 Å². The molecule has 0 saturated heterocycles. The van der Waals surface area contributed by atoms with Crippen molar-refractivity contribution in [2.75, 3.05) is 11.9 Å². The topological polar surface area (TPSA) is 63.1 Å². The molecule has 2 N–H and O–H groups in total. The van der Waals surface area contributed by atoms with Gasteiger partial charge in [-0.3, -0.25) is 0 Å². The molecular formula is C23H18F3N3O2Se. The van der Waals surface area contributed by atoms with Crippen molar-refractivity contribution in [1.29, 1.82) is 0 Å². The number of nitrogens with zero attached hydrogens (tertiary/aromatic N) is 1. The predicted octanol–water partition coefficient (Wildman–Crippen LogP) is 4.25. The van der Waals surface area contributed by atoms with Crippen LogP contribution in [0.1, 0.15) is 15.9 Å². The Morgan fingerprint density at radius 1 is 0.969 bits per heavy atom. The van der Waals surface area contributed by atoms with Gasteiger partial charge in [-0.15, -0.1) is 0 Å². The first-order valence-electron chi connectivity index (χ1n) is 9.73. The molecule has 0 aliphatic carbocycles. The molecular weight excluding hydrogens is 486 g/mol. The van der Waals surface area contributed by atoms with Crippen LogP contribution in [-0.2, 0) is 12.7 Å². The summed E-state index contributed by atoms with van der Waals surface area (Å²) in [5.41, 5.74) is 0.0944. The van der Waals surface area contributed by atoms with E-state index in [1.54, 1.807) is 33.9 Å². The maximum atomic E-state index is 13.0. The number of hydrogen-bond donors (Lipinski definition) is 2. The molecule has 0 spiro atoms. The van der Waals surface area contributed by atoms with Crippen LogP contribution in [0, 0.1) is 0 Å². The first kappa shape index (κ1) is 21.9. The van der Waals surface area contributed by atoms with E-state index in [2.05, 4.69) is 10.6 Å². The van der Waals surface area contributed by atoms with Crippen LogP contribution in [0.15, 0.2) is 77.6 Å². The molecule has 0 saturated carbocycles. The molecule has 0 aliphatic rings. The molecule has 164 valence electrons. The number of carbonyl (C=O) groups is 1. The van der Waals surface area contributed by atoms with Gasteiger partial charge in [0.1, 0.15) is 0 Å². The van der Waals surface area contributed by atoms with E-state index in [1.165, 1.54) is 12.1 Å². The average Bonchev–Trinajstić information content (AvgIpc) is 3.09. The van der Waals surface area contributed by atoms with Crippen LogP contribution >= 0.6 is 0 Å². The molecule has 0 bridgehead atoms. The van der Waals surface area contributed by atoms with Crippen molar-refractivity contribution in [2.45, 2.75) is 12.7 Å². The number of anilines is 2. The van der Waals surface area contributed by atoms with E-state index < -0.39 is 11.7 Å². The number of halogens is 3. The minimum absolute atomic E-state index is 0.0403. The summed E-state index contributed by atoms with van der Waals surface area (Å²) in [7, 11) is 0. The van der Waals surface area contributed by atoms with Gasteiger partial charge in [0.2, 0.25) is 0 Å². The molecule has 0 fully saturated rings. The van der Waals surface area contributed by atoms with E-state index in [-0.39, 0.29) is 38.4 Å². The van der Waals surface area contributed by atoms with Gasteiger partial charge in [-0.25, -0.2) is 0 Å². The zero-order valence-electron chi connectivity index (χ0n) is 16.6. The third-order valence-electron chi connectivity index (χ3n) is 4.79. The first-order valence-corrected chi connectivity index (χ1v) is 11.4. The number of nitrogens with one attached hydrogen (secondary N) is 2. The third kappa shape index (κ3) is 4.79. The van der Waals surface area contributed by atoms with Gasteiger partial charge in [0.05, 0.1) is 0 Å². The Labute approximate surface area is 187 Å². The molecule has 32 heavy (non-hydrogen) atoms. The molecule has 0 radical (unpaired) electrons. The molecule has 5 nitrogen and oxygen atoms in total. The van der Waals surface area contributed by atoms with Crippen LogP contribution in [0.3, 0.4) is 0 Å². The monoisotopic (exact) mass is 505 g/mol. The third-order valence-corrected chi connectivity index (χ3v) is 7.15. The average molecular weight is 504 g/mol. The van der Waals surface area contributed by atoms with Crippen molar-refractivity contribution in [3.05, 3.63) is 94.3 Å². The van der Waals surface area contributed by atoms with E-state index >= 15 is 0 Å². The van der Waals surface area contributed by atoms with Gasteiger partial charge < -0.3 is 0 Å². The molecule has 0 atom stereocenters. The van der Waals surface area contributed by atoms with Gasteiger partial charge in [-0.05, 0) is 0 Å². The fraction of sp³-hybridized carbons (Fsp3) is 0.130. The quantitative estimate of drug-likeness (QED) is 0.386. The summed E-state index contributed by atoms with van der Waals surface area (Å²) in [6, 6.07) is 18.8. The maximum absolute atomic E-state index is 13.0. The number of alkyl halides is 3. The molecule has 1 amide bonds. The van der Waals surface area contributed by atoms with Gasteiger partial charge in [0, 0.05) is 0 Å². The molecule has 1 heterocycles. The number of hydrogen-bond acceptors (Lipinski definition) is 3. The Balaban J connectivity index is 1.46. The zero-order chi connectivity index (χ0) is 22.7. The van der Waals surface area contributed by atoms with Crippen molar-refractivity contribution < 1.29 is 18.0 Å². The second kappa shape index (κ2) is 9.06. The Hall–Kier alpha value is -3.29. The van der Waals surface area contributed by atoms with Crippen LogP contribution in [0.25, 0.3) is 9.65 Å². The van der Waals surface area contributed by atoms with Gasteiger partial charge in [-0.2, -0.15) is 13.2 Å². The van der Waals surface area contributed by atoms with Crippen molar-refractivity contribution >= 4 is 41.7 Å². The fourth-order valence-electron chi connectivity index (χ4n) is 3.25. The number of fused-ring (bicyclic) bond motifs is 1. The Morgan fingerprint density at radius 3 is 2.50 bits per heavy atom. The van der Waals surface area contributed by atoms with Gasteiger partial charge in [-0.1, -0.05) is 0 Å². The normalized spacial score (nSPS) is 11.5. The second-order valence-corrected chi connectivity index (χ2v) is 9.23. The molecule has 9 heteroatoms. The summed E-state index contributed by atoms with van der Waals surface area (Å²) in [5.74, 6) is -0.378. The Kier molecular flexibility index (Phi) is 6.21. The van der Waals surface area contributed by atoms with E-state index in [0.717, 1.165) is 16.4 Å². The zero-order valence-corrected chi connectivity index (χ0v) is 18.4. The van der Waals surface area contributed by atoms with E-state index in [1.807, 2.05) is 18.2 Å². The number of aromatic nitrogens is 1. The minimum atomic E-state index is -4.46. The summed E-state index contributed by atoms with van der Waals surface area (Å²) >= 11 is -0.124. The molecule has 0 aliphatic heterocycles. The summed E-state index contributed by atoms with van der Waals surface area (Å²) in [5, 5.41) is 6.39. The number of rotatable bonds is 6. The van der Waals surface area contributed by atoms with Crippen LogP contribution in [0.5, 0.6) is 0 Å². The number of carbonyl (C=O) groups excluding carboxylic acids is 1. The standard InChI is InChI=1S/C23H18F3N3O2Se/c24-23(25,26)15-6-5-7-16(14-15)28-19-10-3-1-8-17(19)21(30)27-12-13-29-22(31)18-9-2-4-11-20(18)32-29/h1-11,14,28H,12-13H2,(H,27,30). The number of benzene rings is 3. The van der Waals surface area contributed by atoms with Crippen LogP contribution in [0.4, 0.5) is 24.5 Å². The van der Waals surface area contributed by atoms with E-state index in [4.69, 9.17) is 0 Å². The van der Waals surface area contributed by atoms with Gasteiger partial charge in [0.15, 0.2) is 0 Å². The van der Waals surface area contributed by atoms with Crippen molar-refractivity contribution in [3.63, 3.8) is 0 Å². The molecule has 0 unspecified atom stereocenters. The van der Waals surface area contributed by atoms with Gasteiger partial charge in [0.25, 0.3) is 0 Å². The van der Waals surface area contributed by atoms with E-state index in [0.29, 0.717) is 23.2 Å².